The fourth-order valence-electron chi connectivity index (χ4n) is 0.796. The lowest BCUT2D eigenvalue weighted by Crippen LogP contribution is -2.23. The molecule has 0 spiro atoms. The number of aliphatic hydroxyl groups excluding tert-OH is 2. The van der Waals surface area contributed by atoms with Crippen LogP contribution in [0.2, 0.25) is 0 Å². The van der Waals surface area contributed by atoms with Crippen LogP contribution in [0.25, 0.3) is 0 Å². The maximum Gasteiger partial charge on any atom is 0.220 e. The van der Waals surface area contributed by atoms with Crippen molar-refractivity contribution in [2.75, 3.05) is 0 Å². The number of hydrogen-bond acceptors (Lipinski definition) is 3. The molecule has 2 atom stereocenters. The summed E-state index contributed by atoms with van der Waals surface area (Å²) in [5, 5.41) is 18.1. The molecular formula is C7H15NO3. The van der Waals surface area contributed by atoms with Crippen LogP contribution >= 0.6 is 0 Å². The molecule has 0 fully saturated rings. The van der Waals surface area contributed by atoms with Gasteiger partial charge >= 0.3 is 0 Å². The summed E-state index contributed by atoms with van der Waals surface area (Å²) in [6.07, 6.45) is -0.612. The Bertz CT molecular complexity index is 127. The van der Waals surface area contributed by atoms with E-state index in [1.54, 1.807) is 0 Å². The highest BCUT2D eigenvalue weighted by molar-refractivity contribution is 5.74. The largest absolute Gasteiger partial charge is 0.393 e. The summed E-state index contributed by atoms with van der Waals surface area (Å²) in [6, 6.07) is 0. The number of rotatable bonds is 5. The van der Waals surface area contributed by atoms with Gasteiger partial charge in [-0.3, -0.25) is 4.79 Å². The lowest BCUT2D eigenvalue weighted by atomic mass is 10.1. The zero-order chi connectivity index (χ0) is 8.85. The van der Waals surface area contributed by atoms with Crippen molar-refractivity contribution in [1.29, 1.82) is 0 Å². The van der Waals surface area contributed by atoms with Gasteiger partial charge in [-0.25, -0.2) is 0 Å². The summed E-state index contributed by atoms with van der Waals surface area (Å²) in [5.74, 6) is -0.541. The van der Waals surface area contributed by atoms with Crippen molar-refractivity contribution in [3.05, 3.63) is 0 Å². The van der Waals surface area contributed by atoms with Crippen LogP contribution in [0.3, 0.4) is 0 Å². The maximum atomic E-state index is 10.3. The quantitative estimate of drug-likeness (QED) is 0.502. The highest BCUT2D eigenvalue weighted by Gasteiger charge is 2.11. The van der Waals surface area contributed by atoms with Crippen LogP contribution < -0.4 is 5.73 Å². The van der Waals surface area contributed by atoms with Gasteiger partial charge in [-0.15, -0.1) is 0 Å². The topological polar surface area (TPSA) is 83.6 Å². The molecule has 4 nitrogen and oxygen atoms in total. The molecule has 0 bridgehead atoms. The monoisotopic (exact) mass is 161 g/mol. The number of amides is 1. The lowest BCUT2D eigenvalue weighted by molar-refractivity contribution is -0.120. The Morgan fingerprint density at radius 2 is 2.00 bits per heavy atom. The number of hydrogen-bond donors (Lipinski definition) is 3. The van der Waals surface area contributed by atoms with Gasteiger partial charge in [-0.1, -0.05) is 6.92 Å². The van der Waals surface area contributed by atoms with Gasteiger partial charge < -0.3 is 15.9 Å². The molecule has 0 saturated heterocycles. The van der Waals surface area contributed by atoms with Crippen LogP contribution in [0, 0.1) is 0 Å². The van der Waals surface area contributed by atoms with Gasteiger partial charge in [0.2, 0.25) is 5.91 Å². The van der Waals surface area contributed by atoms with E-state index in [1.807, 2.05) is 6.92 Å². The smallest absolute Gasteiger partial charge is 0.220 e. The lowest BCUT2D eigenvalue weighted by Gasteiger charge is -2.11. The van der Waals surface area contributed by atoms with Crippen molar-refractivity contribution < 1.29 is 15.0 Å². The molecule has 0 radical (unpaired) electrons. The minimum Gasteiger partial charge on any atom is -0.393 e. The van der Waals surface area contributed by atoms with Gasteiger partial charge in [-0.2, -0.15) is 0 Å². The average Bonchev–Trinajstić information content (AvgIpc) is 1.85. The van der Waals surface area contributed by atoms with Gasteiger partial charge in [0.15, 0.2) is 0 Å². The minimum atomic E-state index is -0.803. The Kier molecular flexibility index (Phi) is 4.81. The molecule has 0 aliphatic carbocycles. The first-order valence-electron chi connectivity index (χ1n) is 3.70. The summed E-state index contributed by atoms with van der Waals surface area (Å²) in [7, 11) is 0. The normalized spacial score (nSPS) is 15.9. The standard InChI is InChI=1S/C7H15NO3/c1-2-5(9)3-6(10)4-7(8)11/h5-6,9-10H,2-4H2,1H3,(H2,8,11)/t5-,6-/m1/s1. The molecule has 0 heterocycles. The SMILES string of the molecule is CC[C@@H](O)C[C@@H](O)CC(N)=O. The molecule has 0 unspecified atom stereocenters. The van der Waals surface area contributed by atoms with E-state index in [2.05, 4.69) is 0 Å². The van der Waals surface area contributed by atoms with Crippen LogP contribution in [0.4, 0.5) is 0 Å². The van der Waals surface area contributed by atoms with Gasteiger partial charge in [0, 0.05) is 0 Å². The van der Waals surface area contributed by atoms with E-state index in [9.17, 15) is 4.79 Å². The van der Waals surface area contributed by atoms with E-state index < -0.39 is 18.1 Å². The van der Waals surface area contributed by atoms with Crippen LogP contribution in [-0.4, -0.2) is 28.3 Å². The zero-order valence-electron chi connectivity index (χ0n) is 6.66. The molecule has 0 rings (SSSR count). The third kappa shape index (κ3) is 5.82. The zero-order valence-corrected chi connectivity index (χ0v) is 6.66. The fraction of sp³-hybridized carbons (Fsp3) is 0.857. The van der Waals surface area contributed by atoms with Crippen molar-refractivity contribution in [3.8, 4) is 0 Å². The summed E-state index contributed by atoms with van der Waals surface area (Å²) < 4.78 is 0. The van der Waals surface area contributed by atoms with Crippen LogP contribution in [0.5, 0.6) is 0 Å². The van der Waals surface area contributed by atoms with Gasteiger partial charge in [0.1, 0.15) is 0 Å². The molecule has 4 heteroatoms. The van der Waals surface area contributed by atoms with Crippen molar-refractivity contribution in [2.45, 2.75) is 38.4 Å². The van der Waals surface area contributed by atoms with Crippen molar-refractivity contribution in [3.63, 3.8) is 0 Å². The van der Waals surface area contributed by atoms with Crippen molar-refractivity contribution in [1.82, 2.24) is 0 Å². The van der Waals surface area contributed by atoms with Crippen LogP contribution in [0.15, 0.2) is 0 Å². The predicted molar refractivity (Wildman–Crippen MR) is 40.7 cm³/mol. The molecule has 0 saturated carbocycles. The first kappa shape index (κ1) is 10.4. The fourth-order valence-corrected chi connectivity index (χ4v) is 0.796. The van der Waals surface area contributed by atoms with E-state index in [4.69, 9.17) is 15.9 Å². The molecule has 0 aromatic heterocycles. The second-order valence-corrected chi connectivity index (χ2v) is 2.62. The highest BCUT2D eigenvalue weighted by Crippen LogP contribution is 2.04. The third-order valence-electron chi connectivity index (χ3n) is 1.45. The summed E-state index contributed by atoms with van der Waals surface area (Å²) in [5.41, 5.74) is 4.83. The van der Waals surface area contributed by atoms with E-state index in [1.165, 1.54) is 0 Å². The molecule has 4 N–H and O–H groups in total. The highest BCUT2D eigenvalue weighted by atomic mass is 16.3. The van der Waals surface area contributed by atoms with E-state index in [0.29, 0.717) is 6.42 Å². The molecule has 0 aliphatic rings. The third-order valence-corrected chi connectivity index (χ3v) is 1.45. The molecule has 11 heavy (non-hydrogen) atoms. The van der Waals surface area contributed by atoms with Gasteiger partial charge in [0.05, 0.1) is 18.6 Å². The maximum absolute atomic E-state index is 10.3. The van der Waals surface area contributed by atoms with E-state index >= 15 is 0 Å². The second kappa shape index (κ2) is 5.09. The first-order chi connectivity index (χ1) is 5.06. The van der Waals surface area contributed by atoms with Crippen molar-refractivity contribution >= 4 is 5.91 Å². The Morgan fingerprint density at radius 3 is 2.36 bits per heavy atom. The number of aliphatic hydroxyl groups is 2. The number of nitrogens with two attached hydrogens (primary N) is 1. The molecule has 66 valence electrons. The molecule has 0 aromatic rings. The Morgan fingerprint density at radius 1 is 1.45 bits per heavy atom. The number of primary amides is 1. The first-order valence-corrected chi connectivity index (χ1v) is 3.70. The number of carbonyl (C=O) groups excluding carboxylic acids is 1. The minimum absolute atomic E-state index is 0.0724. The van der Waals surface area contributed by atoms with Gasteiger partial charge in [0.25, 0.3) is 0 Å². The molecule has 1 amide bonds. The van der Waals surface area contributed by atoms with Crippen molar-refractivity contribution in [2.24, 2.45) is 5.73 Å². The Balaban J connectivity index is 3.51. The van der Waals surface area contributed by atoms with E-state index in [-0.39, 0.29) is 12.8 Å². The molecule has 0 aromatic carbocycles. The number of carbonyl (C=O) groups is 1. The van der Waals surface area contributed by atoms with E-state index in [0.717, 1.165) is 0 Å². The Labute approximate surface area is 66.0 Å². The molecular weight excluding hydrogens is 146 g/mol. The summed E-state index contributed by atoms with van der Waals surface area (Å²) in [6.45, 7) is 1.81. The molecule has 0 aliphatic heterocycles. The Hall–Kier alpha value is -0.610. The van der Waals surface area contributed by atoms with Gasteiger partial charge in [-0.05, 0) is 12.8 Å². The van der Waals surface area contributed by atoms with Crippen LogP contribution in [0.1, 0.15) is 26.2 Å². The average molecular weight is 161 g/mol. The van der Waals surface area contributed by atoms with Crippen LogP contribution in [-0.2, 0) is 4.79 Å². The second-order valence-electron chi connectivity index (χ2n) is 2.62. The summed E-state index contributed by atoms with van der Waals surface area (Å²) >= 11 is 0. The predicted octanol–water partition coefficient (Wildman–Crippen LogP) is -0.616. The summed E-state index contributed by atoms with van der Waals surface area (Å²) in [4.78, 5) is 10.3.